The molecule has 0 atom stereocenters. The fraction of sp³-hybridized carbons (Fsp3) is 0.200. The first-order valence-electron chi connectivity index (χ1n) is 6.22. The second-order valence-electron chi connectivity index (χ2n) is 4.23. The van der Waals surface area contributed by atoms with Crippen LogP contribution in [0.3, 0.4) is 0 Å². The first-order chi connectivity index (χ1) is 9.66. The van der Waals surface area contributed by atoms with E-state index in [4.69, 9.17) is 16.3 Å². The minimum atomic E-state index is -0.177. The SMILES string of the molecule is CN(CCOc1ccccc1)C(=O)c1cccc(Cl)n1. The van der Waals surface area contributed by atoms with E-state index in [1.54, 1.807) is 30.1 Å². The topological polar surface area (TPSA) is 42.4 Å². The van der Waals surface area contributed by atoms with Crippen molar-refractivity contribution in [2.24, 2.45) is 0 Å². The van der Waals surface area contributed by atoms with Gasteiger partial charge in [0.1, 0.15) is 23.2 Å². The summed E-state index contributed by atoms with van der Waals surface area (Å²) in [5.41, 5.74) is 0.333. The monoisotopic (exact) mass is 290 g/mol. The lowest BCUT2D eigenvalue weighted by Gasteiger charge is -2.17. The summed E-state index contributed by atoms with van der Waals surface area (Å²) in [6.45, 7) is 0.898. The number of carbonyl (C=O) groups is 1. The fourth-order valence-electron chi connectivity index (χ4n) is 1.64. The van der Waals surface area contributed by atoms with Gasteiger partial charge >= 0.3 is 0 Å². The van der Waals surface area contributed by atoms with Crippen LogP contribution in [-0.2, 0) is 0 Å². The van der Waals surface area contributed by atoms with Crippen molar-refractivity contribution in [2.45, 2.75) is 0 Å². The maximum absolute atomic E-state index is 12.1. The lowest BCUT2D eigenvalue weighted by molar-refractivity contribution is 0.0768. The summed E-state index contributed by atoms with van der Waals surface area (Å²) in [5, 5.41) is 0.310. The Hall–Kier alpha value is -2.07. The van der Waals surface area contributed by atoms with Crippen molar-refractivity contribution in [3.8, 4) is 5.75 Å². The highest BCUT2D eigenvalue weighted by Crippen LogP contribution is 2.09. The number of halogens is 1. The first-order valence-corrected chi connectivity index (χ1v) is 6.60. The van der Waals surface area contributed by atoms with Crippen molar-refractivity contribution in [1.29, 1.82) is 0 Å². The molecule has 2 rings (SSSR count). The number of hydrogen-bond donors (Lipinski definition) is 0. The van der Waals surface area contributed by atoms with Crippen LogP contribution in [0.4, 0.5) is 0 Å². The summed E-state index contributed by atoms with van der Waals surface area (Å²) in [6.07, 6.45) is 0. The predicted octanol–water partition coefficient (Wildman–Crippen LogP) is 2.89. The van der Waals surface area contributed by atoms with Gasteiger partial charge in [0.2, 0.25) is 0 Å². The normalized spacial score (nSPS) is 10.1. The van der Waals surface area contributed by atoms with Crippen molar-refractivity contribution >= 4 is 17.5 Å². The zero-order chi connectivity index (χ0) is 14.4. The molecule has 104 valence electrons. The third-order valence-corrected chi connectivity index (χ3v) is 2.93. The number of ether oxygens (including phenoxy) is 1. The maximum atomic E-state index is 12.1. The fourth-order valence-corrected chi connectivity index (χ4v) is 1.81. The van der Waals surface area contributed by atoms with Crippen LogP contribution in [0.2, 0.25) is 5.15 Å². The van der Waals surface area contributed by atoms with E-state index >= 15 is 0 Å². The number of carbonyl (C=O) groups excluding carboxylic acids is 1. The summed E-state index contributed by atoms with van der Waals surface area (Å²) in [4.78, 5) is 17.6. The second-order valence-corrected chi connectivity index (χ2v) is 4.62. The number of para-hydroxylation sites is 1. The molecule has 0 saturated heterocycles. The van der Waals surface area contributed by atoms with Crippen LogP contribution in [0, 0.1) is 0 Å². The van der Waals surface area contributed by atoms with Crippen LogP contribution < -0.4 is 4.74 Å². The number of nitrogens with zero attached hydrogens (tertiary/aromatic N) is 2. The number of amides is 1. The highest BCUT2D eigenvalue weighted by Gasteiger charge is 2.13. The molecule has 0 aliphatic carbocycles. The molecule has 1 amide bonds. The molecule has 0 unspecified atom stereocenters. The van der Waals surface area contributed by atoms with E-state index in [0.717, 1.165) is 5.75 Å². The molecule has 0 radical (unpaired) electrons. The van der Waals surface area contributed by atoms with Crippen LogP contribution in [0.25, 0.3) is 0 Å². The van der Waals surface area contributed by atoms with Crippen molar-refractivity contribution in [2.75, 3.05) is 20.2 Å². The van der Waals surface area contributed by atoms with E-state index < -0.39 is 0 Å². The Kier molecular flexibility index (Phi) is 4.96. The molecule has 5 heteroatoms. The molecular formula is C15H15ClN2O2. The molecule has 1 aromatic carbocycles. The van der Waals surface area contributed by atoms with Crippen LogP contribution in [0.5, 0.6) is 5.75 Å². The quantitative estimate of drug-likeness (QED) is 0.795. The predicted molar refractivity (Wildman–Crippen MR) is 78.1 cm³/mol. The zero-order valence-corrected chi connectivity index (χ0v) is 11.9. The Morgan fingerprint density at radius 1 is 1.20 bits per heavy atom. The van der Waals surface area contributed by atoms with Crippen LogP contribution in [0.15, 0.2) is 48.5 Å². The average Bonchev–Trinajstić information content (AvgIpc) is 2.47. The molecule has 0 saturated carbocycles. The number of benzene rings is 1. The summed E-state index contributed by atoms with van der Waals surface area (Å²) >= 11 is 5.77. The van der Waals surface area contributed by atoms with Crippen molar-refractivity contribution in [3.05, 3.63) is 59.4 Å². The number of hydrogen-bond acceptors (Lipinski definition) is 3. The first kappa shape index (κ1) is 14.3. The minimum absolute atomic E-state index is 0.177. The third kappa shape index (κ3) is 3.96. The van der Waals surface area contributed by atoms with E-state index in [-0.39, 0.29) is 5.91 Å². The molecule has 1 heterocycles. The van der Waals surface area contributed by atoms with Gasteiger partial charge in [-0.15, -0.1) is 0 Å². The number of rotatable bonds is 5. The molecule has 0 aliphatic heterocycles. The Morgan fingerprint density at radius 3 is 2.65 bits per heavy atom. The van der Waals surface area contributed by atoms with E-state index in [0.29, 0.717) is 24.0 Å². The lowest BCUT2D eigenvalue weighted by Crippen LogP contribution is -2.31. The van der Waals surface area contributed by atoms with Gasteiger partial charge in [-0.05, 0) is 24.3 Å². The van der Waals surface area contributed by atoms with E-state index in [9.17, 15) is 4.79 Å². The highest BCUT2D eigenvalue weighted by molar-refractivity contribution is 6.29. The molecule has 0 fully saturated rings. The number of pyridine rings is 1. The van der Waals surface area contributed by atoms with Gasteiger partial charge in [-0.1, -0.05) is 35.9 Å². The molecule has 4 nitrogen and oxygen atoms in total. The Balaban J connectivity index is 1.85. The second kappa shape index (κ2) is 6.91. The Morgan fingerprint density at radius 2 is 1.95 bits per heavy atom. The van der Waals surface area contributed by atoms with Crippen molar-refractivity contribution in [1.82, 2.24) is 9.88 Å². The average molecular weight is 291 g/mol. The van der Waals surface area contributed by atoms with E-state index in [1.165, 1.54) is 0 Å². The summed E-state index contributed by atoms with van der Waals surface area (Å²) in [7, 11) is 1.71. The van der Waals surface area contributed by atoms with Crippen LogP contribution in [-0.4, -0.2) is 36.0 Å². The minimum Gasteiger partial charge on any atom is -0.492 e. The maximum Gasteiger partial charge on any atom is 0.272 e. The van der Waals surface area contributed by atoms with Gasteiger partial charge in [0.25, 0.3) is 5.91 Å². The zero-order valence-electron chi connectivity index (χ0n) is 11.1. The number of aromatic nitrogens is 1. The molecule has 0 spiro atoms. The molecule has 1 aromatic heterocycles. The Bertz CT molecular complexity index is 575. The van der Waals surface area contributed by atoms with E-state index in [2.05, 4.69) is 4.98 Å². The van der Waals surface area contributed by atoms with Gasteiger partial charge in [0.15, 0.2) is 0 Å². The van der Waals surface area contributed by atoms with E-state index in [1.807, 2.05) is 30.3 Å². The summed E-state index contributed by atoms with van der Waals surface area (Å²) in [6, 6.07) is 14.5. The Labute approximate surface area is 123 Å². The largest absolute Gasteiger partial charge is 0.492 e. The molecule has 0 aliphatic rings. The molecule has 0 bridgehead atoms. The summed E-state index contributed by atoms with van der Waals surface area (Å²) < 4.78 is 5.55. The molecule has 0 N–H and O–H groups in total. The van der Waals surface area contributed by atoms with Crippen molar-refractivity contribution in [3.63, 3.8) is 0 Å². The third-order valence-electron chi connectivity index (χ3n) is 2.72. The van der Waals surface area contributed by atoms with Gasteiger partial charge in [-0.25, -0.2) is 4.98 Å². The standard InChI is InChI=1S/C15H15ClN2O2/c1-18(10-11-20-12-6-3-2-4-7-12)15(19)13-8-5-9-14(16)17-13/h2-9H,10-11H2,1H3. The number of likely N-dealkylation sites (N-methyl/N-ethyl adjacent to an activating group) is 1. The van der Waals surface area contributed by atoms with Gasteiger partial charge in [0, 0.05) is 7.05 Å². The van der Waals surface area contributed by atoms with Crippen LogP contribution in [0.1, 0.15) is 10.5 Å². The smallest absolute Gasteiger partial charge is 0.272 e. The highest BCUT2D eigenvalue weighted by atomic mass is 35.5. The van der Waals surface area contributed by atoms with Gasteiger partial charge < -0.3 is 9.64 Å². The van der Waals surface area contributed by atoms with Gasteiger partial charge in [-0.2, -0.15) is 0 Å². The van der Waals surface area contributed by atoms with Gasteiger partial charge in [-0.3, -0.25) is 4.79 Å². The van der Waals surface area contributed by atoms with Crippen LogP contribution >= 0.6 is 11.6 Å². The molecule has 2 aromatic rings. The molecule has 20 heavy (non-hydrogen) atoms. The van der Waals surface area contributed by atoms with Gasteiger partial charge in [0.05, 0.1) is 6.54 Å². The van der Waals surface area contributed by atoms with Crippen molar-refractivity contribution < 1.29 is 9.53 Å². The molecular weight excluding hydrogens is 276 g/mol. The lowest BCUT2D eigenvalue weighted by atomic mass is 10.3. The summed E-state index contributed by atoms with van der Waals surface area (Å²) in [5.74, 6) is 0.610.